The molecule has 0 aromatic rings. The zero-order chi connectivity index (χ0) is 13.7. The second-order valence-corrected chi connectivity index (χ2v) is 6.32. The highest BCUT2D eigenvalue weighted by molar-refractivity contribution is 4.87. The molecule has 2 saturated heterocycles. The van der Waals surface area contributed by atoms with Crippen LogP contribution in [0, 0.1) is 5.92 Å². The molecule has 112 valence electrons. The molecule has 0 aromatic carbocycles. The average Bonchev–Trinajstić information content (AvgIpc) is 2.92. The molecule has 4 nitrogen and oxygen atoms in total. The van der Waals surface area contributed by atoms with Crippen LogP contribution in [0.2, 0.25) is 0 Å². The van der Waals surface area contributed by atoms with Gasteiger partial charge in [-0.3, -0.25) is 0 Å². The molecule has 1 N–H and O–H groups in total. The van der Waals surface area contributed by atoms with Crippen molar-refractivity contribution in [2.75, 3.05) is 53.5 Å². The van der Waals surface area contributed by atoms with E-state index in [1.54, 1.807) is 0 Å². The number of nitrogens with zero attached hydrogens (tertiary/aromatic N) is 2. The number of piperazine rings is 1. The monoisotopic (exact) mass is 269 g/mol. The fourth-order valence-electron chi connectivity index (χ4n) is 3.29. The van der Waals surface area contributed by atoms with Crippen molar-refractivity contribution in [2.24, 2.45) is 5.92 Å². The van der Waals surface area contributed by atoms with Gasteiger partial charge in [0.05, 0.1) is 6.61 Å². The van der Waals surface area contributed by atoms with E-state index in [0.29, 0.717) is 18.0 Å². The number of nitrogens with one attached hydrogen (secondary N) is 1. The molecular formula is C15H31N3O. The van der Waals surface area contributed by atoms with E-state index in [0.717, 1.165) is 19.8 Å². The van der Waals surface area contributed by atoms with Gasteiger partial charge in [0.25, 0.3) is 0 Å². The van der Waals surface area contributed by atoms with Crippen molar-refractivity contribution >= 4 is 0 Å². The molecule has 0 saturated carbocycles. The molecule has 2 aliphatic rings. The number of rotatable bonds is 6. The largest absolute Gasteiger partial charge is 0.381 e. The van der Waals surface area contributed by atoms with Crippen molar-refractivity contribution in [3.8, 4) is 0 Å². The van der Waals surface area contributed by atoms with Crippen molar-refractivity contribution in [3.05, 3.63) is 0 Å². The first-order valence-electron chi connectivity index (χ1n) is 7.90. The topological polar surface area (TPSA) is 27.7 Å². The van der Waals surface area contributed by atoms with Gasteiger partial charge in [-0.15, -0.1) is 0 Å². The van der Waals surface area contributed by atoms with E-state index in [-0.39, 0.29) is 0 Å². The summed E-state index contributed by atoms with van der Waals surface area (Å²) < 4.78 is 5.59. The summed E-state index contributed by atoms with van der Waals surface area (Å²) in [5.74, 6) is 0.715. The van der Waals surface area contributed by atoms with Crippen LogP contribution in [0.25, 0.3) is 0 Å². The Morgan fingerprint density at radius 3 is 2.84 bits per heavy atom. The molecule has 2 rings (SSSR count). The highest BCUT2D eigenvalue weighted by Crippen LogP contribution is 2.22. The molecule has 0 amide bonds. The smallest absolute Gasteiger partial charge is 0.0510 e. The van der Waals surface area contributed by atoms with Gasteiger partial charge in [-0.1, -0.05) is 6.92 Å². The molecule has 0 radical (unpaired) electrons. The molecule has 2 fully saturated rings. The highest BCUT2D eigenvalue weighted by atomic mass is 16.5. The van der Waals surface area contributed by atoms with E-state index < -0.39 is 0 Å². The van der Waals surface area contributed by atoms with E-state index in [1.807, 2.05) is 0 Å². The number of hydrogen-bond acceptors (Lipinski definition) is 4. The summed E-state index contributed by atoms with van der Waals surface area (Å²) in [4.78, 5) is 5.00. The van der Waals surface area contributed by atoms with E-state index in [1.165, 1.54) is 38.9 Å². The van der Waals surface area contributed by atoms with E-state index in [4.69, 9.17) is 4.74 Å². The SMILES string of the molecule is CCCNC(CC1CN(C)CCN1C)C1CCOC1. The van der Waals surface area contributed by atoms with Crippen LogP contribution in [0.1, 0.15) is 26.2 Å². The van der Waals surface area contributed by atoms with Crippen molar-refractivity contribution < 1.29 is 4.74 Å². The van der Waals surface area contributed by atoms with E-state index in [9.17, 15) is 0 Å². The number of ether oxygens (including phenoxy) is 1. The minimum Gasteiger partial charge on any atom is -0.381 e. The third-order valence-electron chi connectivity index (χ3n) is 4.70. The van der Waals surface area contributed by atoms with Crippen LogP contribution >= 0.6 is 0 Å². The Kier molecular flexibility index (Phi) is 6.07. The van der Waals surface area contributed by atoms with Crippen molar-refractivity contribution in [1.29, 1.82) is 0 Å². The Labute approximate surface area is 118 Å². The first kappa shape index (κ1) is 15.2. The van der Waals surface area contributed by atoms with Gasteiger partial charge in [0.1, 0.15) is 0 Å². The summed E-state index contributed by atoms with van der Waals surface area (Å²) in [6.45, 7) is 8.88. The standard InChI is InChI=1S/C15H31N3O/c1-4-6-16-15(13-5-9-19-12-13)10-14-11-17(2)7-8-18(14)3/h13-16H,4-12H2,1-3H3. The summed E-state index contributed by atoms with van der Waals surface area (Å²) in [5, 5.41) is 3.77. The quantitative estimate of drug-likeness (QED) is 0.779. The average molecular weight is 269 g/mol. The van der Waals surface area contributed by atoms with Gasteiger partial charge in [-0.2, -0.15) is 0 Å². The summed E-state index contributed by atoms with van der Waals surface area (Å²) in [6.07, 6.45) is 3.70. The summed E-state index contributed by atoms with van der Waals surface area (Å²) >= 11 is 0. The Balaban J connectivity index is 1.89. The maximum Gasteiger partial charge on any atom is 0.0510 e. The van der Waals surface area contributed by atoms with Crippen LogP contribution in [-0.2, 0) is 4.74 Å². The third-order valence-corrected chi connectivity index (χ3v) is 4.70. The second kappa shape index (κ2) is 7.58. The van der Waals surface area contributed by atoms with Crippen LogP contribution in [0.4, 0.5) is 0 Å². The summed E-state index contributed by atoms with van der Waals surface area (Å²) in [5.41, 5.74) is 0. The molecular weight excluding hydrogens is 238 g/mol. The maximum atomic E-state index is 5.59. The van der Waals surface area contributed by atoms with Gasteiger partial charge in [0, 0.05) is 38.3 Å². The van der Waals surface area contributed by atoms with Gasteiger partial charge in [-0.05, 0) is 45.8 Å². The first-order valence-corrected chi connectivity index (χ1v) is 7.90. The predicted molar refractivity (Wildman–Crippen MR) is 79.5 cm³/mol. The van der Waals surface area contributed by atoms with Crippen molar-refractivity contribution in [2.45, 2.75) is 38.3 Å². The fourth-order valence-corrected chi connectivity index (χ4v) is 3.29. The summed E-state index contributed by atoms with van der Waals surface area (Å²) in [6, 6.07) is 1.31. The Morgan fingerprint density at radius 2 is 2.16 bits per heavy atom. The lowest BCUT2D eigenvalue weighted by Crippen LogP contribution is -2.53. The van der Waals surface area contributed by atoms with Crippen molar-refractivity contribution in [3.63, 3.8) is 0 Å². The lowest BCUT2D eigenvalue weighted by Gasteiger charge is -2.40. The molecule has 19 heavy (non-hydrogen) atoms. The third kappa shape index (κ3) is 4.42. The lowest BCUT2D eigenvalue weighted by atomic mass is 9.91. The second-order valence-electron chi connectivity index (χ2n) is 6.32. The molecule has 0 spiro atoms. The molecule has 0 aliphatic carbocycles. The molecule has 4 heteroatoms. The maximum absolute atomic E-state index is 5.59. The van der Waals surface area contributed by atoms with E-state index in [2.05, 4.69) is 36.1 Å². The van der Waals surface area contributed by atoms with Crippen LogP contribution in [0.3, 0.4) is 0 Å². The van der Waals surface area contributed by atoms with Crippen LogP contribution in [0.5, 0.6) is 0 Å². The Morgan fingerprint density at radius 1 is 1.32 bits per heavy atom. The van der Waals surface area contributed by atoms with E-state index >= 15 is 0 Å². The molecule has 0 bridgehead atoms. The predicted octanol–water partition coefficient (Wildman–Crippen LogP) is 1.03. The number of likely N-dealkylation sites (N-methyl/N-ethyl adjacent to an activating group) is 2. The van der Waals surface area contributed by atoms with Crippen LogP contribution in [-0.4, -0.2) is 75.4 Å². The van der Waals surface area contributed by atoms with Gasteiger partial charge >= 0.3 is 0 Å². The molecule has 3 atom stereocenters. The van der Waals surface area contributed by atoms with Crippen molar-refractivity contribution in [1.82, 2.24) is 15.1 Å². The normalized spacial score (nSPS) is 31.7. The Hall–Kier alpha value is -0.160. The molecule has 2 aliphatic heterocycles. The zero-order valence-electron chi connectivity index (χ0n) is 12.9. The minimum atomic E-state index is 0.626. The van der Waals surface area contributed by atoms with Gasteiger partial charge in [0.15, 0.2) is 0 Å². The molecule has 0 aromatic heterocycles. The Bertz CT molecular complexity index is 256. The van der Waals surface area contributed by atoms with Crippen LogP contribution < -0.4 is 5.32 Å². The van der Waals surface area contributed by atoms with Gasteiger partial charge in [0.2, 0.25) is 0 Å². The van der Waals surface area contributed by atoms with Gasteiger partial charge < -0.3 is 19.9 Å². The fraction of sp³-hybridized carbons (Fsp3) is 1.00. The van der Waals surface area contributed by atoms with Crippen LogP contribution in [0.15, 0.2) is 0 Å². The zero-order valence-corrected chi connectivity index (χ0v) is 12.9. The highest BCUT2D eigenvalue weighted by Gasteiger charge is 2.30. The first-order chi connectivity index (χ1) is 9.20. The lowest BCUT2D eigenvalue weighted by molar-refractivity contribution is 0.0918. The molecule has 2 heterocycles. The number of hydrogen-bond donors (Lipinski definition) is 1. The molecule has 3 unspecified atom stereocenters. The van der Waals surface area contributed by atoms with Gasteiger partial charge in [-0.25, -0.2) is 0 Å². The summed E-state index contributed by atoms with van der Waals surface area (Å²) in [7, 11) is 4.52. The minimum absolute atomic E-state index is 0.626.